The Morgan fingerprint density at radius 1 is 1.25 bits per heavy atom. The number of rotatable bonds is 10. The molecule has 0 rings (SSSR count). The smallest absolute Gasteiger partial charge is 0.215 e. The Morgan fingerprint density at radius 3 is 2.44 bits per heavy atom. The van der Waals surface area contributed by atoms with Crippen LogP contribution < -0.4 is 5.32 Å². The maximum atomic E-state index is 11.9. The third-order valence-corrected chi connectivity index (χ3v) is 4.16. The highest BCUT2D eigenvalue weighted by Crippen LogP contribution is 2.03. The second-order valence-electron chi connectivity index (χ2n) is 3.65. The summed E-state index contributed by atoms with van der Waals surface area (Å²) in [4.78, 5) is 0. The van der Waals surface area contributed by atoms with E-state index in [0.717, 1.165) is 19.4 Å². The molecule has 0 fully saturated rings. The van der Waals surface area contributed by atoms with Gasteiger partial charge in [0, 0.05) is 19.6 Å². The lowest BCUT2D eigenvalue weighted by atomic mass is 10.3. The number of unbranched alkanes of at least 4 members (excludes halogenated alkanes) is 1. The highest BCUT2D eigenvalue weighted by atomic mass is 32.2. The van der Waals surface area contributed by atoms with E-state index in [0.29, 0.717) is 13.1 Å². The fraction of sp³-hybridized carbons (Fsp3) is 1.00. The lowest BCUT2D eigenvalue weighted by molar-refractivity contribution is 0.252. The number of aliphatic hydroxyl groups is 1. The van der Waals surface area contributed by atoms with E-state index in [1.807, 2.05) is 13.8 Å². The minimum absolute atomic E-state index is 0.102. The van der Waals surface area contributed by atoms with Gasteiger partial charge in [0.15, 0.2) is 0 Å². The molecule has 16 heavy (non-hydrogen) atoms. The number of aliphatic hydroxyl groups excluding tert-OH is 1. The van der Waals surface area contributed by atoms with Gasteiger partial charge in [-0.15, -0.1) is 0 Å². The summed E-state index contributed by atoms with van der Waals surface area (Å²) in [5.74, 6) is 0.102. The minimum atomic E-state index is -3.22. The predicted molar refractivity (Wildman–Crippen MR) is 65.9 cm³/mol. The SMILES string of the molecule is CCCCN(CCO)S(=O)(=O)CCNCC. The molecule has 0 unspecified atom stereocenters. The van der Waals surface area contributed by atoms with Gasteiger partial charge in [-0.2, -0.15) is 4.31 Å². The zero-order valence-corrected chi connectivity index (χ0v) is 11.1. The van der Waals surface area contributed by atoms with Crippen LogP contribution in [-0.4, -0.2) is 56.4 Å². The van der Waals surface area contributed by atoms with Gasteiger partial charge in [-0.3, -0.25) is 0 Å². The van der Waals surface area contributed by atoms with Gasteiger partial charge < -0.3 is 10.4 Å². The van der Waals surface area contributed by atoms with Crippen LogP contribution in [0.15, 0.2) is 0 Å². The van der Waals surface area contributed by atoms with Crippen LogP contribution in [0.3, 0.4) is 0 Å². The minimum Gasteiger partial charge on any atom is -0.395 e. The fourth-order valence-electron chi connectivity index (χ4n) is 1.34. The van der Waals surface area contributed by atoms with Crippen LogP contribution in [0.4, 0.5) is 0 Å². The summed E-state index contributed by atoms with van der Waals surface area (Å²) in [7, 11) is -3.22. The Morgan fingerprint density at radius 2 is 1.94 bits per heavy atom. The van der Waals surface area contributed by atoms with Crippen LogP contribution >= 0.6 is 0 Å². The molecule has 0 aliphatic heterocycles. The number of nitrogens with one attached hydrogen (secondary N) is 1. The van der Waals surface area contributed by atoms with Crippen LogP contribution in [0, 0.1) is 0 Å². The summed E-state index contributed by atoms with van der Waals surface area (Å²) in [5, 5.41) is 11.8. The van der Waals surface area contributed by atoms with Crippen LogP contribution in [-0.2, 0) is 10.0 Å². The summed E-state index contributed by atoms with van der Waals surface area (Å²) in [6, 6.07) is 0. The lowest BCUT2D eigenvalue weighted by Gasteiger charge is -2.21. The van der Waals surface area contributed by atoms with Gasteiger partial charge in [-0.1, -0.05) is 20.3 Å². The van der Waals surface area contributed by atoms with Crippen LogP contribution in [0.25, 0.3) is 0 Å². The van der Waals surface area contributed by atoms with E-state index in [-0.39, 0.29) is 18.9 Å². The molecule has 0 atom stereocenters. The number of nitrogens with zero attached hydrogens (tertiary/aromatic N) is 1. The van der Waals surface area contributed by atoms with E-state index >= 15 is 0 Å². The zero-order chi connectivity index (χ0) is 12.4. The van der Waals surface area contributed by atoms with Gasteiger partial charge in [-0.25, -0.2) is 8.42 Å². The highest BCUT2D eigenvalue weighted by Gasteiger charge is 2.20. The van der Waals surface area contributed by atoms with Crippen molar-refractivity contribution in [2.75, 3.05) is 38.5 Å². The molecule has 0 saturated heterocycles. The third kappa shape index (κ3) is 6.42. The van der Waals surface area contributed by atoms with Gasteiger partial charge in [0.05, 0.1) is 12.4 Å². The molecule has 98 valence electrons. The Kier molecular flexibility index (Phi) is 8.83. The Labute approximate surface area is 98.9 Å². The maximum Gasteiger partial charge on any atom is 0.215 e. The van der Waals surface area contributed by atoms with E-state index in [4.69, 9.17) is 5.11 Å². The monoisotopic (exact) mass is 252 g/mol. The number of sulfonamides is 1. The first-order chi connectivity index (χ1) is 7.58. The highest BCUT2D eigenvalue weighted by molar-refractivity contribution is 7.89. The van der Waals surface area contributed by atoms with Crippen molar-refractivity contribution >= 4 is 10.0 Å². The summed E-state index contributed by atoms with van der Waals surface area (Å²) < 4.78 is 25.1. The topological polar surface area (TPSA) is 69.6 Å². The molecule has 0 aromatic rings. The van der Waals surface area contributed by atoms with Crippen molar-refractivity contribution in [3.63, 3.8) is 0 Å². The molecule has 0 heterocycles. The largest absolute Gasteiger partial charge is 0.395 e. The fourth-order valence-corrected chi connectivity index (χ4v) is 2.77. The normalized spacial score (nSPS) is 12.2. The molecule has 0 aliphatic carbocycles. The van der Waals surface area contributed by atoms with Gasteiger partial charge in [0.25, 0.3) is 0 Å². The number of hydrogen-bond acceptors (Lipinski definition) is 4. The van der Waals surface area contributed by atoms with Crippen LogP contribution in [0.1, 0.15) is 26.7 Å². The molecule has 0 aliphatic rings. The Bertz CT molecular complexity index is 255. The molecule has 0 aromatic carbocycles. The van der Waals surface area contributed by atoms with Gasteiger partial charge in [0.2, 0.25) is 10.0 Å². The summed E-state index contributed by atoms with van der Waals surface area (Å²) in [6.45, 7) is 5.78. The van der Waals surface area contributed by atoms with Crippen molar-refractivity contribution in [2.45, 2.75) is 26.7 Å². The Hall–Kier alpha value is -0.170. The van der Waals surface area contributed by atoms with E-state index in [1.54, 1.807) is 0 Å². The standard InChI is InChI=1S/C10H24N2O3S/c1-3-5-7-12(8-9-13)16(14,15)10-6-11-4-2/h11,13H,3-10H2,1-2H3. The average molecular weight is 252 g/mol. The molecular formula is C10H24N2O3S. The summed E-state index contributed by atoms with van der Waals surface area (Å²) in [5.41, 5.74) is 0. The van der Waals surface area contributed by atoms with Crippen molar-refractivity contribution in [1.29, 1.82) is 0 Å². The molecule has 6 heteroatoms. The molecule has 0 aromatic heterocycles. The number of hydrogen-bond donors (Lipinski definition) is 2. The maximum absolute atomic E-state index is 11.9. The van der Waals surface area contributed by atoms with Crippen LogP contribution in [0.5, 0.6) is 0 Å². The second-order valence-corrected chi connectivity index (χ2v) is 5.73. The lowest BCUT2D eigenvalue weighted by Crippen LogP contribution is -2.38. The molecule has 0 bridgehead atoms. The molecule has 5 nitrogen and oxygen atoms in total. The van der Waals surface area contributed by atoms with Crippen molar-refractivity contribution in [3.8, 4) is 0 Å². The first-order valence-corrected chi connectivity index (χ1v) is 7.48. The molecule has 0 spiro atoms. The van der Waals surface area contributed by atoms with E-state index in [9.17, 15) is 8.42 Å². The summed E-state index contributed by atoms with van der Waals surface area (Å²) >= 11 is 0. The first-order valence-electron chi connectivity index (χ1n) is 5.87. The Balaban J connectivity index is 4.25. The third-order valence-electron chi connectivity index (χ3n) is 2.29. The molecule has 0 radical (unpaired) electrons. The van der Waals surface area contributed by atoms with Crippen molar-refractivity contribution < 1.29 is 13.5 Å². The molecule has 2 N–H and O–H groups in total. The molecule has 0 saturated carbocycles. The average Bonchev–Trinajstić information content (AvgIpc) is 2.24. The quantitative estimate of drug-likeness (QED) is 0.538. The van der Waals surface area contributed by atoms with Gasteiger partial charge >= 0.3 is 0 Å². The second kappa shape index (κ2) is 8.92. The predicted octanol–water partition coefficient (Wildman–Crippen LogP) is 0.0201. The first kappa shape index (κ1) is 15.8. The zero-order valence-electron chi connectivity index (χ0n) is 10.3. The van der Waals surface area contributed by atoms with Gasteiger partial charge in [-0.05, 0) is 13.0 Å². The van der Waals surface area contributed by atoms with Crippen molar-refractivity contribution in [3.05, 3.63) is 0 Å². The molecule has 0 amide bonds. The van der Waals surface area contributed by atoms with E-state index in [1.165, 1.54) is 4.31 Å². The van der Waals surface area contributed by atoms with Crippen molar-refractivity contribution in [2.24, 2.45) is 0 Å². The molecular weight excluding hydrogens is 228 g/mol. The summed E-state index contributed by atoms with van der Waals surface area (Å²) in [6.07, 6.45) is 1.78. The van der Waals surface area contributed by atoms with E-state index < -0.39 is 10.0 Å². The van der Waals surface area contributed by atoms with Crippen LogP contribution in [0.2, 0.25) is 0 Å². The van der Waals surface area contributed by atoms with Crippen molar-refractivity contribution in [1.82, 2.24) is 9.62 Å². The van der Waals surface area contributed by atoms with E-state index in [2.05, 4.69) is 5.32 Å². The van der Waals surface area contributed by atoms with Gasteiger partial charge in [0.1, 0.15) is 0 Å².